The molecule has 0 spiro atoms. The molecule has 1 unspecified atom stereocenters. The van der Waals surface area contributed by atoms with Crippen LogP contribution in [-0.4, -0.2) is 49.3 Å². The van der Waals surface area contributed by atoms with E-state index in [1.807, 2.05) is 0 Å². The van der Waals surface area contributed by atoms with E-state index in [1.54, 1.807) is 6.92 Å². The van der Waals surface area contributed by atoms with Gasteiger partial charge in [0.05, 0.1) is 13.2 Å². The van der Waals surface area contributed by atoms with E-state index in [0.717, 1.165) is 0 Å². The van der Waals surface area contributed by atoms with Crippen LogP contribution in [0, 0.1) is 0 Å². The molecule has 0 rings (SSSR count). The van der Waals surface area contributed by atoms with Crippen molar-refractivity contribution >= 4 is 11.9 Å². The minimum Gasteiger partial charge on any atom is -0.480 e. The molecule has 0 saturated heterocycles. The maximum atomic E-state index is 11.1. The summed E-state index contributed by atoms with van der Waals surface area (Å²) in [6, 6.07) is 0. The van der Waals surface area contributed by atoms with Crippen LogP contribution < -0.4 is 10.6 Å². The summed E-state index contributed by atoms with van der Waals surface area (Å²) < 4.78 is 4.79. The van der Waals surface area contributed by atoms with Crippen molar-refractivity contribution in [2.24, 2.45) is 0 Å². The normalized spacial score (nSPS) is 14.3. The fraction of sp³-hybridized carbons (Fsp3) is 0.778. The first-order valence-corrected chi connectivity index (χ1v) is 4.70. The van der Waals surface area contributed by atoms with E-state index in [1.165, 1.54) is 14.0 Å². The van der Waals surface area contributed by atoms with Crippen molar-refractivity contribution in [3.05, 3.63) is 0 Å². The summed E-state index contributed by atoms with van der Waals surface area (Å²) in [6.07, 6.45) is 0. The van der Waals surface area contributed by atoms with Crippen LogP contribution in [0.2, 0.25) is 0 Å². The Balaban J connectivity index is 4.18. The molecule has 0 aromatic carbocycles. The number of amides is 1. The Morgan fingerprint density at radius 3 is 2.47 bits per heavy atom. The van der Waals surface area contributed by atoms with Gasteiger partial charge in [-0.25, -0.2) is 0 Å². The number of carbonyl (C=O) groups is 2. The highest BCUT2D eigenvalue weighted by molar-refractivity contribution is 5.82. The number of aliphatic carboxylic acids is 1. The number of carboxylic acids is 1. The van der Waals surface area contributed by atoms with E-state index in [9.17, 15) is 9.59 Å². The molecule has 0 aliphatic heterocycles. The largest absolute Gasteiger partial charge is 0.480 e. The second-order valence-corrected chi connectivity index (χ2v) is 3.38. The van der Waals surface area contributed by atoms with Crippen molar-refractivity contribution in [1.29, 1.82) is 0 Å². The van der Waals surface area contributed by atoms with Gasteiger partial charge < -0.3 is 15.2 Å². The van der Waals surface area contributed by atoms with Crippen LogP contribution in [0.15, 0.2) is 0 Å². The van der Waals surface area contributed by atoms with Crippen molar-refractivity contribution in [3.63, 3.8) is 0 Å². The molecule has 0 aliphatic rings. The van der Waals surface area contributed by atoms with Gasteiger partial charge >= 0.3 is 5.97 Å². The molecule has 0 radical (unpaired) electrons. The molecule has 0 fully saturated rings. The molecule has 1 amide bonds. The SMILES string of the molecule is CCNC(=O)CNC(C)(COC)C(=O)O. The fourth-order valence-electron chi connectivity index (χ4n) is 1.01. The third kappa shape index (κ3) is 4.75. The summed E-state index contributed by atoms with van der Waals surface area (Å²) in [6.45, 7) is 3.75. The molecule has 3 N–H and O–H groups in total. The lowest BCUT2D eigenvalue weighted by atomic mass is 10.0. The first kappa shape index (κ1) is 13.9. The monoisotopic (exact) mass is 218 g/mol. The minimum atomic E-state index is -1.24. The zero-order valence-corrected chi connectivity index (χ0v) is 9.29. The van der Waals surface area contributed by atoms with Crippen LogP contribution in [0.5, 0.6) is 0 Å². The zero-order valence-electron chi connectivity index (χ0n) is 9.29. The topological polar surface area (TPSA) is 87.7 Å². The van der Waals surface area contributed by atoms with Gasteiger partial charge in [-0.1, -0.05) is 0 Å². The summed E-state index contributed by atoms with van der Waals surface area (Å²) in [7, 11) is 1.41. The lowest BCUT2D eigenvalue weighted by molar-refractivity contribution is -0.146. The Morgan fingerprint density at radius 1 is 1.47 bits per heavy atom. The van der Waals surface area contributed by atoms with Crippen molar-refractivity contribution in [3.8, 4) is 0 Å². The van der Waals surface area contributed by atoms with Crippen LogP contribution in [0.1, 0.15) is 13.8 Å². The number of hydrogen-bond acceptors (Lipinski definition) is 4. The average molecular weight is 218 g/mol. The minimum absolute atomic E-state index is 0.00172. The number of ether oxygens (including phenoxy) is 1. The molecule has 0 heterocycles. The predicted molar refractivity (Wildman–Crippen MR) is 54.6 cm³/mol. The zero-order chi connectivity index (χ0) is 11.9. The Labute approximate surface area is 89.0 Å². The predicted octanol–water partition coefficient (Wildman–Crippen LogP) is -0.798. The fourth-order valence-corrected chi connectivity index (χ4v) is 1.01. The number of nitrogens with one attached hydrogen (secondary N) is 2. The third-order valence-electron chi connectivity index (χ3n) is 1.92. The molecular weight excluding hydrogens is 200 g/mol. The van der Waals surface area contributed by atoms with E-state index >= 15 is 0 Å². The second kappa shape index (κ2) is 6.36. The van der Waals surface area contributed by atoms with Crippen LogP contribution in [-0.2, 0) is 14.3 Å². The van der Waals surface area contributed by atoms with E-state index in [4.69, 9.17) is 9.84 Å². The number of methoxy groups -OCH3 is 1. The average Bonchev–Trinajstić information content (AvgIpc) is 2.15. The van der Waals surface area contributed by atoms with E-state index in [0.29, 0.717) is 6.54 Å². The third-order valence-corrected chi connectivity index (χ3v) is 1.92. The maximum Gasteiger partial charge on any atom is 0.326 e. The number of rotatable bonds is 7. The summed E-state index contributed by atoms with van der Waals surface area (Å²) in [4.78, 5) is 22.0. The second-order valence-electron chi connectivity index (χ2n) is 3.38. The standard InChI is InChI=1S/C9H18N2O4/c1-4-10-7(12)5-11-9(2,6-15-3)8(13)14/h11H,4-6H2,1-3H3,(H,10,12)(H,13,14). The Morgan fingerprint density at radius 2 is 2.07 bits per heavy atom. The number of likely N-dealkylation sites (N-methyl/N-ethyl adjacent to an activating group) is 1. The van der Waals surface area contributed by atoms with Crippen molar-refractivity contribution in [2.75, 3.05) is 26.8 Å². The molecule has 6 heteroatoms. The highest BCUT2D eigenvalue weighted by Gasteiger charge is 2.33. The lowest BCUT2D eigenvalue weighted by Gasteiger charge is -2.24. The van der Waals surface area contributed by atoms with Gasteiger partial charge in [-0.2, -0.15) is 0 Å². The van der Waals surface area contributed by atoms with Gasteiger partial charge in [-0.15, -0.1) is 0 Å². The van der Waals surface area contributed by atoms with Crippen LogP contribution in [0.25, 0.3) is 0 Å². The van der Waals surface area contributed by atoms with E-state index in [2.05, 4.69) is 10.6 Å². The van der Waals surface area contributed by atoms with Crippen LogP contribution in [0.4, 0.5) is 0 Å². The molecule has 0 bridgehead atoms. The number of hydrogen-bond donors (Lipinski definition) is 3. The van der Waals surface area contributed by atoms with Crippen LogP contribution >= 0.6 is 0 Å². The first-order valence-electron chi connectivity index (χ1n) is 4.70. The van der Waals surface area contributed by atoms with E-state index in [-0.39, 0.29) is 19.1 Å². The molecule has 0 saturated carbocycles. The highest BCUT2D eigenvalue weighted by Crippen LogP contribution is 2.03. The lowest BCUT2D eigenvalue weighted by Crippen LogP contribution is -2.55. The van der Waals surface area contributed by atoms with Crippen LogP contribution in [0.3, 0.4) is 0 Å². The highest BCUT2D eigenvalue weighted by atomic mass is 16.5. The summed E-state index contributed by atoms with van der Waals surface area (Å²) in [5.74, 6) is -1.28. The quantitative estimate of drug-likeness (QED) is 0.521. The Kier molecular flexibility index (Phi) is 5.88. The summed E-state index contributed by atoms with van der Waals surface area (Å²) in [5, 5.41) is 14.1. The van der Waals surface area contributed by atoms with Crippen molar-refractivity contribution in [2.45, 2.75) is 19.4 Å². The summed E-state index contributed by atoms with van der Waals surface area (Å²) >= 11 is 0. The molecule has 15 heavy (non-hydrogen) atoms. The molecule has 6 nitrogen and oxygen atoms in total. The molecule has 0 aromatic rings. The van der Waals surface area contributed by atoms with Gasteiger partial charge in [0.1, 0.15) is 5.54 Å². The Hall–Kier alpha value is -1.14. The van der Waals surface area contributed by atoms with Gasteiger partial charge in [0.2, 0.25) is 5.91 Å². The van der Waals surface area contributed by atoms with Crippen molar-refractivity contribution < 1.29 is 19.4 Å². The van der Waals surface area contributed by atoms with Crippen molar-refractivity contribution in [1.82, 2.24) is 10.6 Å². The van der Waals surface area contributed by atoms with Gasteiger partial charge in [-0.3, -0.25) is 14.9 Å². The number of carbonyl (C=O) groups excluding carboxylic acids is 1. The maximum absolute atomic E-state index is 11.1. The molecule has 0 aliphatic carbocycles. The molecule has 88 valence electrons. The van der Waals surface area contributed by atoms with Gasteiger partial charge in [0, 0.05) is 13.7 Å². The Bertz CT molecular complexity index is 232. The summed E-state index contributed by atoms with van der Waals surface area (Å²) in [5.41, 5.74) is -1.24. The first-order chi connectivity index (χ1) is 6.96. The smallest absolute Gasteiger partial charge is 0.326 e. The van der Waals surface area contributed by atoms with Gasteiger partial charge in [-0.05, 0) is 13.8 Å². The van der Waals surface area contributed by atoms with E-state index < -0.39 is 11.5 Å². The molecular formula is C9H18N2O4. The molecule has 0 aromatic heterocycles. The van der Waals surface area contributed by atoms with Gasteiger partial charge in [0.15, 0.2) is 0 Å². The number of carboxylic acid groups (broad SMARTS) is 1. The van der Waals surface area contributed by atoms with Gasteiger partial charge in [0.25, 0.3) is 0 Å². The molecule has 1 atom stereocenters.